The molecule has 9 heavy (non-hydrogen) atoms. The Hall–Kier alpha value is -0.353. The maximum Gasteiger partial charge on any atom is 0.306 e. The summed E-state index contributed by atoms with van der Waals surface area (Å²) in [4.78, 5) is 18.5. The molecule has 0 saturated heterocycles. The van der Waals surface area contributed by atoms with Crippen molar-refractivity contribution in [3.8, 4) is 0 Å². The normalized spacial score (nSPS) is 13.1. The second-order valence-electron chi connectivity index (χ2n) is 1.94. The van der Waals surface area contributed by atoms with Crippen LogP contribution in [0.15, 0.2) is 0 Å². The number of rotatable bonds is 4. The van der Waals surface area contributed by atoms with Crippen LogP contribution in [-0.2, 0) is 4.79 Å². The molecule has 0 aliphatic rings. The maximum absolute atomic E-state index is 10.1. The fourth-order valence-electron chi connectivity index (χ4n) is 0.405. The van der Waals surface area contributed by atoms with Gasteiger partial charge in [-0.15, -0.1) is 0 Å². The van der Waals surface area contributed by atoms with Gasteiger partial charge in [-0.1, -0.05) is 6.92 Å². The summed E-state index contributed by atoms with van der Waals surface area (Å²) < 4.78 is 0. The van der Waals surface area contributed by atoms with Crippen molar-refractivity contribution in [3.63, 3.8) is 0 Å². The molecular formula is C5H10O3Si. The molecule has 0 aliphatic carbocycles. The van der Waals surface area contributed by atoms with E-state index in [0.29, 0.717) is 12.5 Å². The Kier molecular flexibility index (Phi) is 4.34. The highest BCUT2D eigenvalue weighted by Gasteiger charge is 2.08. The van der Waals surface area contributed by atoms with Crippen molar-refractivity contribution in [1.82, 2.24) is 0 Å². The molecule has 0 bridgehead atoms. The quantitative estimate of drug-likeness (QED) is 0.554. The van der Waals surface area contributed by atoms with E-state index < -0.39 is 5.97 Å². The van der Waals surface area contributed by atoms with Crippen LogP contribution in [0.25, 0.3) is 0 Å². The third kappa shape index (κ3) is 4.17. The first-order valence-electron chi connectivity index (χ1n) is 2.78. The average Bonchev–Trinajstić information content (AvgIpc) is 1.82. The third-order valence-corrected chi connectivity index (χ3v) is 1.62. The third-order valence-electron chi connectivity index (χ3n) is 1.11. The highest BCUT2D eigenvalue weighted by atomic mass is 28.2. The first-order chi connectivity index (χ1) is 4.18. The van der Waals surface area contributed by atoms with Crippen molar-refractivity contribution < 1.29 is 14.7 Å². The van der Waals surface area contributed by atoms with E-state index >= 15 is 0 Å². The Morgan fingerprint density at radius 3 is 2.67 bits per heavy atom. The van der Waals surface area contributed by atoms with Crippen molar-refractivity contribution in [2.75, 3.05) is 0 Å². The molecule has 0 fully saturated rings. The van der Waals surface area contributed by atoms with Crippen LogP contribution in [0.1, 0.15) is 13.3 Å². The molecular weight excluding hydrogens is 136 g/mol. The minimum absolute atomic E-state index is 0.120. The van der Waals surface area contributed by atoms with E-state index in [4.69, 9.17) is 9.90 Å². The first-order valence-corrected chi connectivity index (χ1v) is 3.93. The molecule has 0 aromatic carbocycles. The monoisotopic (exact) mass is 146 g/mol. The molecule has 0 saturated carbocycles. The van der Waals surface area contributed by atoms with Gasteiger partial charge < -0.3 is 9.90 Å². The summed E-state index contributed by atoms with van der Waals surface area (Å²) in [6.45, 7) is 1.64. The maximum atomic E-state index is 10.1. The van der Waals surface area contributed by atoms with Gasteiger partial charge >= 0.3 is 5.97 Å². The molecule has 52 valence electrons. The summed E-state index contributed by atoms with van der Waals surface area (Å²) in [6, 6.07) is 0.605. The van der Waals surface area contributed by atoms with Gasteiger partial charge in [-0.3, -0.25) is 4.79 Å². The lowest BCUT2D eigenvalue weighted by molar-refractivity contribution is -0.141. The summed E-state index contributed by atoms with van der Waals surface area (Å²) in [6.07, 6.45) is 0.574. The summed E-state index contributed by atoms with van der Waals surface area (Å²) in [5.74, 6) is -1.10. The Morgan fingerprint density at radius 1 is 1.78 bits per heavy atom. The highest BCUT2D eigenvalue weighted by molar-refractivity contribution is 6.25. The molecule has 0 amide bonds. The van der Waals surface area contributed by atoms with E-state index in [0.717, 1.165) is 0 Å². The van der Waals surface area contributed by atoms with Gasteiger partial charge in [0.1, 0.15) is 0 Å². The molecule has 3 nitrogen and oxygen atoms in total. The molecule has 0 rings (SSSR count). The number of hydrogen-bond acceptors (Lipinski definition) is 2. The van der Waals surface area contributed by atoms with Crippen LogP contribution >= 0.6 is 0 Å². The van der Waals surface area contributed by atoms with Gasteiger partial charge in [0.05, 0.1) is 5.92 Å². The van der Waals surface area contributed by atoms with Gasteiger partial charge in [-0.05, 0) is 12.5 Å². The summed E-state index contributed by atoms with van der Waals surface area (Å²) in [5.41, 5.74) is 0. The molecule has 2 N–H and O–H groups in total. The first kappa shape index (κ1) is 8.65. The van der Waals surface area contributed by atoms with Gasteiger partial charge in [0.25, 0.3) is 0 Å². The topological polar surface area (TPSA) is 57.5 Å². The number of carboxylic acids is 1. The van der Waals surface area contributed by atoms with E-state index in [9.17, 15) is 4.79 Å². The highest BCUT2D eigenvalue weighted by Crippen LogP contribution is 2.03. The molecule has 0 heterocycles. The van der Waals surface area contributed by atoms with Gasteiger partial charge in [-0.25, -0.2) is 0 Å². The van der Waals surface area contributed by atoms with E-state index in [-0.39, 0.29) is 15.7 Å². The van der Waals surface area contributed by atoms with E-state index in [2.05, 4.69) is 0 Å². The predicted molar refractivity (Wildman–Crippen MR) is 34.2 cm³/mol. The Balaban J connectivity index is 3.27. The lowest BCUT2D eigenvalue weighted by Gasteiger charge is -2.00. The minimum atomic E-state index is -0.784. The van der Waals surface area contributed by atoms with Crippen LogP contribution in [0.2, 0.25) is 6.04 Å². The fraction of sp³-hybridized carbons (Fsp3) is 0.800. The number of hydrogen-bond donors (Lipinski definition) is 2. The van der Waals surface area contributed by atoms with Crippen LogP contribution in [0.4, 0.5) is 0 Å². The second kappa shape index (κ2) is 4.52. The van der Waals surface area contributed by atoms with E-state index in [1.807, 2.05) is 0 Å². The van der Waals surface area contributed by atoms with Crippen LogP contribution in [0.3, 0.4) is 0 Å². The molecule has 4 heteroatoms. The zero-order chi connectivity index (χ0) is 7.28. The van der Waals surface area contributed by atoms with Crippen molar-refractivity contribution in [2.24, 2.45) is 5.92 Å². The summed E-state index contributed by atoms with van der Waals surface area (Å²) >= 11 is 0. The lowest BCUT2D eigenvalue weighted by atomic mass is 10.1. The van der Waals surface area contributed by atoms with Crippen LogP contribution in [-0.4, -0.2) is 25.6 Å². The standard InChI is InChI=1S/C5H10O3Si/c1-4(5(6)7)2-3-9-8/h4,8H,2-3H2,1H3,(H,6,7). The Morgan fingerprint density at radius 2 is 2.33 bits per heavy atom. The number of carbonyl (C=O) groups is 1. The van der Waals surface area contributed by atoms with Crippen LogP contribution < -0.4 is 0 Å². The van der Waals surface area contributed by atoms with Gasteiger partial charge in [0.15, 0.2) is 0 Å². The SMILES string of the molecule is CC(CC[Si]O)C(=O)O. The van der Waals surface area contributed by atoms with Crippen LogP contribution in [0, 0.1) is 5.92 Å². The second-order valence-corrected chi connectivity index (χ2v) is 2.75. The van der Waals surface area contributed by atoms with E-state index in [1.165, 1.54) is 0 Å². The molecule has 0 spiro atoms. The zero-order valence-corrected chi connectivity index (χ0v) is 6.29. The molecule has 0 aromatic heterocycles. The molecule has 1 unspecified atom stereocenters. The van der Waals surface area contributed by atoms with Crippen molar-refractivity contribution in [1.29, 1.82) is 0 Å². The minimum Gasteiger partial charge on any atom is -0.481 e. The number of carboxylic acid groups (broad SMARTS) is 1. The summed E-state index contributed by atoms with van der Waals surface area (Å²) in [7, 11) is -0.120. The van der Waals surface area contributed by atoms with Gasteiger partial charge in [0.2, 0.25) is 9.76 Å². The number of aliphatic carboxylic acids is 1. The average molecular weight is 146 g/mol. The molecule has 1 atom stereocenters. The Labute approximate surface area is 56.6 Å². The fourth-order valence-corrected chi connectivity index (χ4v) is 0.967. The van der Waals surface area contributed by atoms with Crippen molar-refractivity contribution in [3.05, 3.63) is 0 Å². The summed E-state index contributed by atoms with van der Waals surface area (Å²) in [5, 5.41) is 8.33. The van der Waals surface area contributed by atoms with Crippen LogP contribution in [0.5, 0.6) is 0 Å². The largest absolute Gasteiger partial charge is 0.481 e. The molecule has 0 aliphatic heterocycles. The van der Waals surface area contributed by atoms with Gasteiger partial charge in [0, 0.05) is 0 Å². The predicted octanol–water partition coefficient (Wildman–Crippen LogP) is 0.127. The lowest BCUT2D eigenvalue weighted by Crippen LogP contribution is -2.09. The smallest absolute Gasteiger partial charge is 0.306 e. The van der Waals surface area contributed by atoms with E-state index in [1.54, 1.807) is 6.92 Å². The van der Waals surface area contributed by atoms with Crippen molar-refractivity contribution in [2.45, 2.75) is 19.4 Å². The molecule has 2 radical (unpaired) electrons. The van der Waals surface area contributed by atoms with Gasteiger partial charge in [-0.2, -0.15) is 0 Å². The Bertz CT molecular complexity index is 94.2. The molecule has 0 aromatic rings. The zero-order valence-electron chi connectivity index (χ0n) is 5.29. The van der Waals surface area contributed by atoms with Crippen molar-refractivity contribution >= 4 is 15.7 Å².